The summed E-state index contributed by atoms with van der Waals surface area (Å²) in [5.74, 6) is -1.31. The van der Waals surface area contributed by atoms with Crippen LogP contribution in [0.3, 0.4) is 0 Å². The van der Waals surface area contributed by atoms with Crippen molar-refractivity contribution in [3.63, 3.8) is 0 Å². The molecule has 0 unspecified atom stereocenters. The molecule has 0 aromatic carbocycles. The van der Waals surface area contributed by atoms with E-state index in [0.717, 1.165) is 6.42 Å². The summed E-state index contributed by atoms with van der Waals surface area (Å²) in [5.41, 5.74) is 4.82. The molecule has 0 radical (unpaired) electrons. The van der Waals surface area contributed by atoms with Gasteiger partial charge >= 0.3 is 5.82 Å². The summed E-state index contributed by atoms with van der Waals surface area (Å²) in [6, 6.07) is 0. The lowest BCUT2D eigenvalue weighted by Gasteiger charge is -1.88. The molecule has 1 aromatic rings. The summed E-state index contributed by atoms with van der Waals surface area (Å²) in [6.07, 6.45) is 2.07. The number of rotatable bonds is 4. The largest absolute Gasteiger partial charge is 0.402 e. The summed E-state index contributed by atoms with van der Waals surface area (Å²) in [4.78, 5) is 20.6. The SMILES string of the molecule is CCCn1cc(C(N)=O)c([N+](=O)[O-])n1. The molecule has 0 saturated carbocycles. The molecule has 1 aromatic heterocycles. The van der Waals surface area contributed by atoms with E-state index in [1.165, 1.54) is 10.9 Å². The van der Waals surface area contributed by atoms with Gasteiger partial charge in [0.2, 0.25) is 0 Å². The number of primary amides is 1. The first-order valence-corrected chi connectivity index (χ1v) is 4.08. The molecular weight excluding hydrogens is 188 g/mol. The normalized spacial score (nSPS) is 10.1. The lowest BCUT2D eigenvalue weighted by Crippen LogP contribution is -2.11. The van der Waals surface area contributed by atoms with Crippen molar-refractivity contribution in [2.75, 3.05) is 0 Å². The van der Waals surface area contributed by atoms with E-state index in [0.29, 0.717) is 6.54 Å². The molecule has 0 saturated heterocycles. The molecule has 2 N–H and O–H groups in total. The minimum absolute atomic E-state index is 0.150. The minimum Gasteiger partial charge on any atom is -0.365 e. The number of nitro groups is 1. The van der Waals surface area contributed by atoms with Crippen LogP contribution in [-0.4, -0.2) is 20.6 Å². The summed E-state index contributed by atoms with van der Waals surface area (Å²) < 4.78 is 1.35. The van der Waals surface area contributed by atoms with Gasteiger partial charge in [0.15, 0.2) is 5.56 Å². The molecule has 0 atom stereocenters. The van der Waals surface area contributed by atoms with Crippen molar-refractivity contribution in [2.24, 2.45) is 5.73 Å². The number of carbonyl (C=O) groups excluding carboxylic acids is 1. The van der Waals surface area contributed by atoms with E-state index < -0.39 is 16.6 Å². The number of aryl methyl sites for hydroxylation is 1. The number of carbonyl (C=O) groups is 1. The molecular formula is C7H10N4O3. The third-order valence-electron chi connectivity index (χ3n) is 1.63. The number of nitrogens with zero attached hydrogens (tertiary/aromatic N) is 3. The molecule has 0 aliphatic carbocycles. The van der Waals surface area contributed by atoms with E-state index in [1.807, 2.05) is 6.92 Å². The first-order valence-electron chi connectivity index (χ1n) is 4.08. The van der Waals surface area contributed by atoms with Gasteiger partial charge in [-0.3, -0.25) is 4.79 Å². The second-order valence-electron chi connectivity index (χ2n) is 2.75. The third-order valence-corrected chi connectivity index (χ3v) is 1.63. The lowest BCUT2D eigenvalue weighted by atomic mass is 10.3. The van der Waals surface area contributed by atoms with Gasteiger partial charge in [0.05, 0.1) is 17.8 Å². The fourth-order valence-electron chi connectivity index (χ4n) is 1.06. The number of aromatic nitrogens is 2. The van der Waals surface area contributed by atoms with Crippen LogP contribution in [0.25, 0.3) is 0 Å². The molecule has 0 aliphatic heterocycles. The Bertz CT molecular complexity index is 340. The van der Waals surface area contributed by atoms with E-state index in [1.54, 1.807) is 0 Å². The standard InChI is InChI=1S/C7H10N4O3/c1-2-3-10-4-5(6(8)12)7(9-10)11(13)14/h4H,2-3H2,1H3,(H2,8,12). The Morgan fingerprint density at radius 3 is 2.79 bits per heavy atom. The van der Waals surface area contributed by atoms with Gasteiger partial charge in [0.1, 0.15) is 0 Å². The zero-order valence-electron chi connectivity index (χ0n) is 7.64. The zero-order valence-corrected chi connectivity index (χ0v) is 7.64. The van der Waals surface area contributed by atoms with E-state index in [2.05, 4.69) is 5.10 Å². The highest BCUT2D eigenvalue weighted by atomic mass is 16.6. The average Bonchev–Trinajstić information content (AvgIpc) is 2.49. The van der Waals surface area contributed by atoms with Crippen molar-refractivity contribution in [3.8, 4) is 0 Å². The highest BCUT2D eigenvalue weighted by Crippen LogP contribution is 2.14. The molecule has 0 aliphatic rings. The third kappa shape index (κ3) is 1.87. The van der Waals surface area contributed by atoms with Crippen LogP contribution >= 0.6 is 0 Å². The van der Waals surface area contributed by atoms with Crippen molar-refractivity contribution in [2.45, 2.75) is 19.9 Å². The zero-order chi connectivity index (χ0) is 10.7. The molecule has 1 heterocycles. The molecule has 1 rings (SSSR count). The fourth-order valence-corrected chi connectivity index (χ4v) is 1.06. The maximum Gasteiger partial charge on any atom is 0.402 e. The number of hydrogen-bond acceptors (Lipinski definition) is 4. The Morgan fingerprint density at radius 1 is 1.79 bits per heavy atom. The monoisotopic (exact) mass is 198 g/mol. The Hall–Kier alpha value is -1.92. The number of hydrogen-bond donors (Lipinski definition) is 1. The van der Waals surface area contributed by atoms with Crippen LogP contribution in [0.4, 0.5) is 5.82 Å². The topological polar surface area (TPSA) is 104 Å². The molecule has 76 valence electrons. The smallest absolute Gasteiger partial charge is 0.365 e. The van der Waals surface area contributed by atoms with Crippen LogP contribution in [0, 0.1) is 10.1 Å². The molecule has 0 fully saturated rings. The first kappa shape index (κ1) is 10.2. The Labute approximate surface area is 79.7 Å². The highest BCUT2D eigenvalue weighted by Gasteiger charge is 2.24. The van der Waals surface area contributed by atoms with Crippen LogP contribution < -0.4 is 5.73 Å². The Morgan fingerprint density at radius 2 is 2.43 bits per heavy atom. The predicted molar refractivity (Wildman–Crippen MR) is 47.7 cm³/mol. The number of nitrogens with two attached hydrogens (primary N) is 1. The maximum absolute atomic E-state index is 10.8. The quantitative estimate of drug-likeness (QED) is 0.554. The van der Waals surface area contributed by atoms with Crippen LogP contribution in [0.1, 0.15) is 23.7 Å². The maximum atomic E-state index is 10.8. The van der Waals surface area contributed by atoms with Gasteiger partial charge in [-0.1, -0.05) is 6.92 Å². The van der Waals surface area contributed by atoms with Crippen molar-refractivity contribution < 1.29 is 9.72 Å². The van der Waals surface area contributed by atoms with Crippen LogP contribution in [0.15, 0.2) is 6.20 Å². The minimum atomic E-state index is -0.834. The van der Waals surface area contributed by atoms with Crippen molar-refractivity contribution in [1.29, 1.82) is 0 Å². The van der Waals surface area contributed by atoms with Gasteiger partial charge in [0, 0.05) is 0 Å². The lowest BCUT2D eigenvalue weighted by molar-refractivity contribution is -0.390. The van der Waals surface area contributed by atoms with Crippen LogP contribution in [0.2, 0.25) is 0 Å². The van der Waals surface area contributed by atoms with Crippen molar-refractivity contribution in [1.82, 2.24) is 9.78 Å². The van der Waals surface area contributed by atoms with E-state index >= 15 is 0 Å². The highest BCUT2D eigenvalue weighted by molar-refractivity contribution is 5.95. The van der Waals surface area contributed by atoms with Crippen LogP contribution in [-0.2, 0) is 6.54 Å². The molecule has 7 heteroatoms. The second kappa shape index (κ2) is 3.86. The van der Waals surface area contributed by atoms with E-state index in [-0.39, 0.29) is 5.56 Å². The van der Waals surface area contributed by atoms with Gasteiger partial charge < -0.3 is 15.8 Å². The average molecular weight is 198 g/mol. The van der Waals surface area contributed by atoms with Crippen molar-refractivity contribution >= 4 is 11.7 Å². The van der Waals surface area contributed by atoms with Gasteiger partial charge in [0.25, 0.3) is 5.91 Å². The molecule has 7 nitrogen and oxygen atoms in total. The Kier molecular flexibility index (Phi) is 2.80. The summed E-state index contributed by atoms with van der Waals surface area (Å²) >= 11 is 0. The van der Waals surface area contributed by atoms with Gasteiger partial charge in [-0.15, -0.1) is 0 Å². The molecule has 1 amide bonds. The van der Waals surface area contributed by atoms with Gasteiger partial charge in [-0.25, -0.2) is 0 Å². The molecule has 14 heavy (non-hydrogen) atoms. The summed E-state index contributed by atoms with van der Waals surface area (Å²) in [7, 11) is 0. The fraction of sp³-hybridized carbons (Fsp3) is 0.429. The van der Waals surface area contributed by atoms with Gasteiger partial charge in [-0.05, 0) is 11.3 Å². The molecule has 0 bridgehead atoms. The van der Waals surface area contributed by atoms with Gasteiger partial charge in [-0.2, -0.15) is 4.68 Å². The predicted octanol–water partition coefficient (Wildman–Crippen LogP) is 0.300. The summed E-state index contributed by atoms with van der Waals surface area (Å²) in [5, 5.41) is 14.1. The summed E-state index contributed by atoms with van der Waals surface area (Å²) in [6.45, 7) is 2.42. The number of amides is 1. The van der Waals surface area contributed by atoms with Crippen LogP contribution in [0.5, 0.6) is 0 Å². The van der Waals surface area contributed by atoms with Crippen molar-refractivity contribution in [3.05, 3.63) is 21.9 Å². The van der Waals surface area contributed by atoms with E-state index in [9.17, 15) is 14.9 Å². The Balaban J connectivity index is 3.12. The first-order chi connectivity index (χ1) is 6.56. The van der Waals surface area contributed by atoms with E-state index in [4.69, 9.17) is 5.73 Å². The second-order valence-corrected chi connectivity index (χ2v) is 2.75. The molecule has 0 spiro atoms.